The molecule has 16 heavy (non-hydrogen) atoms. The van der Waals surface area contributed by atoms with Crippen LogP contribution in [-0.2, 0) is 11.2 Å². The predicted octanol–water partition coefficient (Wildman–Crippen LogP) is 3.21. The third-order valence-electron chi connectivity index (χ3n) is 3.06. The topological polar surface area (TPSA) is 21.3 Å². The molecule has 1 aliphatic rings. The Hall–Kier alpha value is 0.1000. The van der Waals surface area contributed by atoms with Crippen molar-refractivity contribution in [3.05, 3.63) is 20.8 Å². The van der Waals surface area contributed by atoms with Gasteiger partial charge in [-0.3, -0.25) is 0 Å². The van der Waals surface area contributed by atoms with Gasteiger partial charge in [0.25, 0.3) is 0 Å². The molecule has 2 rings (SSSR count). The Kier molecular flexibility index (Phi) is 4.82. The molecule has 0 spiro atoms. The summed E-state index contributed by atoms with van der Waals surface area (Å²) in [5.74, 6) is 0. The maximum atomic E-state index is 5.68. The predicted molar refractivity (Wildman–Crippen MR) is 72.2 cm³/mol. The molecule has 2 unspecified atom stereocenters. The number of hydrogen-bond acceptors (Lipinski definition) is 3. The smallest absolute Gasteiger partial charge is 0.0701 e. The van der Waals surface area contributed by atoms with Gasteiger partial charge < -0.3 is 10.1 Å². The molecule has 2 atom stereocenters. The summed E-state index contributed by atoms with van der Waals surface area (Å²) in [6, 6.07) is 4.86. The van der Waals surface area contributed by atoms with Gasteiger partial charge in [0, 0.05) is 17.5 Å². The molecule has 0 amide bonds. The summed E-state index contributed by atoms with van der Waals surface area (Å²) in [5.41, 5.74) is 0. The summed E-state index contributed by atoms with van der Waals surface area (Å²) < 4.78 is 6.90. The lowest BCUT2D eigenvalue weighted by molar-refractivity contribution is 0.0955. The van der Waals surface area contributed by atoms with Crippen LogP contribution in [0.2, 0.25) is 0 Å². The van der Waals surface area contributed by atoms with Gasteiger partial charge in [-0.15, -0.1) is 11.3 Å². The molecule has 4 heteroatoms. The highest BCUT2D eigenvalue weighted by Crippen LogP contribution is 2.25. The zero-order chi connectivity index (χ0) is 11.4. The minimum absolute atomic E-state index is 0.473. The van der Waals surface area contributed by atoms with Crippen LogP contribution in [0.5, 0.6) is 0 Å². The van der Waals surface area contributed by atoms with Crippen molar-refractivity contribution in [2.24, 2.45) is 0 Å². The van der Waals surface area contributed by atoms with Gasteiger partial charge in [-0.25, -0.2) is 0 Å². The van der Waals surface area contributed by atoms with Crippen LogP contribution < -0.4 is 5.32 Å². The highest BCUT2D eigenvalue weighted by atomic mass is 79.9. The summed E-state index contributed by atoms with van der Waals surface area (Å²) in [6.45, 7) is 0.950. The van der Waals surface area contributed by atoms with Crippen LogP contribution in [0.3, 0.4) is 0 Å². The van der Waals surface area contributed by atoms with Crippen molar-refractivity contribution in [3.8, 4) is 0 Å². The minimum Gasteiger partial charge on any atom is -0.378 e. The number of likely N-dealkylation sites (N-methyl/N-ethyl adjacent to an activating group) is 1. The van der Waals surface area contributed by atoms with Crippen molar-refractivity contribution in [1.29, 1.82) is 0 Å². The highest BCUT2D eigenvalue weighted by molar-refractivity contribution is 9.11. The van der Waals surface area contributed by atoms with E-state index in [4.69, 9.17) is 4.74 Å². The fourth-order valence-corrected chi connectivity index (χ4v) is 3.72. The second-order valence-corrected chi connectivity index (χ2v) is 6.81. The van der Waals surface area contributed by atoms with E-state index < -0.39 is 0 Å². The van der Waals surface area contributed by atoms with E-state index in [0.717, 1.165) is 19.4 Å². The molecule has 2 heterocycles. The maximum Gasteiger partial charge on any atom is 0.0701 e. The van der Waals surface area contributed by atoms with Crippen LogP contribution in [0.15, 0.2) is 15.9 Å². The fourth-order valence-electron chi connectivity index (χ4n) is 2.16. The number of rotatable bonds is 5. The van der Waals surface area contributed by atoms with Gasteiger partial charge in [-0.1, -0.05) is 0 Å². The largest absolute Gasteiger partial charge is 0.378 e. The molecule has 0 bridgehead atoms. The summed E-state index contributed by atoms with van der Waals surface area (Å²) in [5, 5.41) is 3.40. The van der Waals surface area contributed by atoms with E-state index in [1.54, 1.807) is 0 Å². The summed E-state index contributed by atoms with van der Waals surface area (Å²) in [7, 11) is 2.04. The second kappa shape index (κ2) is 6.15. The summed E-state index contributed by atoms with van der Waals surface area (Å²) in [4.78, 5) is 1.43. The van der Waals surface area contributed by atoms with Crippen molar-refractivity contribution < 1.29 is 4.74 Å². The lowest BCUT2D eigenvalue weighted by Gasteiger charge is -2.19. The van der Waals surface area contributed by atoms with E-state index in [1.165, 1.54) is 21.5 Å². The maximum absolute atomic E-state index is 5.68. The van der Waals surface area contributed by atoms with E-state index >= 15 is 0 Å². The Morgan fingerprint density at radius 1 is 1.62 bits per heavy atom. The fraction of sp³-hybridized carbons (Fsp3) is 0.667. The van der Waals surface area contributed by atoms with E-state index in [-0.39, 0.29) is 0 Å². The second-order valence-electron chi connectivity index (χ2n) is 4.27. The van der Waals surface area contributed by atoms with E-state index in [0.29, 0.717) is 12.1 Å². The average molecular weight is 304 g/mol. The van der Waals surface area contributed by atoms with Crippen molar-refractivity contribution in [1.82, 2.24) is 5.32 Å². The Morgan fingerprint density at radius 2 is 2.50 bits per heavy atom. The number of hydrogen-bond donors (Lipinski definition) is 1. The molecule has 1 aliphatic heterocycles. The molecule has 1 fully saturated rings. The Morgan fingerprint density at radius 3 is 3.06 bits per heavy atom. The zero-order valence-corrected chi connectivity index (χ0v) is 11.9. The van der Waals surface area contributed by atoms with Crippen LogP contribution in [0, 0.1) is 0 Å². The third kappa shape index (κ3) is 3.55. The molecule has 1 N–H and O–H groups in total. The van der Waals surface area contributed by atoms with Gasteiger partial charge in [-0.05, 0) is 60.8 Å². The summed E-state index contributed by atoms with van der Waals surface area (Å²) in [6.07, 6.45) is 5.16. The number of thiophene rings is 1. The molecule has 1 aromatic rings. The molecule has 0 radical (unpaired) electrons. The molecule has 0 aliphatic carbocycles. The van der Waals surface area contributed by atoms with Crippen molar-refractivity contribution >= 4 is 27.3 Å². The first-order valence-corrected chi connectivity index (χ1v) is 7.42. The van der Waals surface area contributed by atoms with Gasteiger partial charge in [0.2, 0.25) is 0 Å². The molecule has 90 valence electrons. The van der Waals surface area contributed by atoms with Crippen molar-refractivity contribution in [3.63, 3.8) is 0 Å². The lowest BCUT2D eigenvalue weighted by Crippen LogP contribution is -2.31. The standard InChI is InChI=1S/C12H18BrNOS/c1-14-9(7-10-3-2-6-15-10)8-11-4-5-12(13)16-11/h4-5,9-10,14H,2-3,6-8H2,1H3. The highest BCUT2D eigenvalue weighted by Gasteiger charge is 2.20. The average Bonchev–Trinajstić information content (AvgIpc) is 2.89. The third-order valence-corrected chi connectivity index (χ3v) is 4.70. The van der Waals surface area contributed by atoms with E-state index in [9.17, 15) is 0 Å². The van der Waals surface area contributed by atoms with E-state index in [1.807, 2.05) is 18.4 Å². The first-order valence-electron chi connectivity index (χ1n) is 5.81. The molecule has 1 saturated heterocycles. The van der Waals surface area contributed by atoms with Crippen LogP contribution in [0.4, 0.5) is 0 Å². The zero-order valence-electron chi connectivity index (χ0n) is 9.54. The molecule has 1 aromatic heterocycles. The molecule has 0 saturated carbocycles. The van der Waals surface area contributed by atoms with Crippen LogP contribution in [0.25, 0.3) is 0 Å². The SMILES string of the molecule is CNC(Cc1ccc(Br)s1)CC1CCCO1. The van der Waals surface area contributed by atoms with Gasteiger partial charge in [0.05, 0.1) is 9.89 Å². The minimum atomic E-state index is 0.473. The van der Waals surface area contributed by atoms with Gasteiger partial charge in [0.15, 0.2) is 0 Å². The first kappa shape index (κ1) is 12.6. The number of nitrogens with one attached hydrogen (secondary N) is 1. The molecular weight excluding hydrogens is 286 g/mol. The number of ether oxygens (including phenoxy) is 1. The number of halogens is 1. The molecular formula is C12H18BrNOS. The first-order chi connectivity index (χ1) is 7.78. The molecule has 2 nitrogen and oxygen atoms in total. The van der Waals surface area contributed by atoms with Gasteiger partial charge in [0.1, 0.15) is 0 Å². The quantitative estimate of drug-likeness (QED) is 0.902. The summed E-state index contributed by atoms with van der Waals surface area (Å²) >= 11 is 5.33. The van der Waals surface area contributed by atoms with Crippen LogP contribution >= 0.6 is 27.3 Å². The monoisotopic (exact) mass is 303 g/mol. The van der Waals surface area contributed by atoms with Crippen molar-refractivity contribution in [2.45, 2.75) is 37.8 Å². The van der Waals surface area contributed by atoms with Crippen molar-refractivity contribution in [2.75, 3.05) is 13.7 Å². The Labute approximate surface area is 110 Å². The molecule has 0 aromatic carbocycles. The normalized spacial score (nSPS) is 22.5. The van der Waals surface area contributed by atoms with Gasteiger partial charge >= 0.3 is 0 Å². The Bertz CT molecular complexity index is 323. The van der Waals surface area contributed by atoms with Crippen LogP contribution in [0.1, 0.15) is 24.1 Å². The Balaban J connectivity index is 1.84. The van der Waals surface area contributed by atoms with Crippen LogP contribution in [-0.4, -0.2) is 25.8 Å². The van der Waals surface area contributed by atoms with E-state index in [2.05, 4.69) is 33.4 Å². The van der Waals surface area contributed by atoms with Gasteiger partial charge in [-0.2, -0.15) is 0 Å². The lowest BCUT2D eigenvalue weighted by atomic mass is 10.0.